The maximum Gasteiger partial charge on any atom is 0.306 e. The lowest BCUT2D eigenvalue weighted by molar-refractivity contribution is -0.161. The Morgan fingerprint density at radius 1 is 0.280 bits per heavy atom. The fourth-order valence-electron chi connectivity index (χ4n) is 9.57. The minimum Gasteiger partial charge on any atom is -0.462 e. The zero-order chi connectivity index (χ0) is 59.1. The van der Waals surface area contributed by atoms with Crippen molar-refractivity contribution in [3.8, 4) is 0 Å². The molecule has 0 aromatic rings. The van der Waals surface area contributed by atoms with Crippen molar-refractivity contribution in [3.63, 3.8) is 0 Å². The van der Waals surface area contributed by atoms with Crippen LogP contribution in [-0.2, 0) is 19.1 Å². The highest BCUT2D eigenvalue weighted by atomic mass is 16.6. The van der Waals surface area contributed by atoms with Gasteiger partial charge in [0.15, 0.2) is 6.10 Å². The van der Waals surface area contributed by atoms with Gasteiger partial charge in [-0.25, -0.2) is 0 Å². The van der Waals surface area contributed by atoms with Crippen LogP contribution in [0.5, 0.6) is 0 Å². The summed E-state index contributed by atoms with van der Waals surface area (Å²) in [7, 11) is 0. The van der Waals surface area contributed by atoms with Gasteiger partial charge in [-0.05, 0) is 116 Å². The predicted octanol–water partition coefficient (Wildman–Crippen LogP) is 24.1. The molecule has 82 heavy (non-hydrogen) atoms. The van der Waals surface area contributed by atoms with Crippen LogP contribution >= 0.6 is 0 Å². The van der Waals surface area contributed by atoms with Crippen LogP contribution in [0.4, 0.5) is 0 Å². The summed E-state index contributed by atoms with van der Waals surface area (Å²) >= 11 is 0. The average molecular weight is 1130 g/mol. The van der Waals surface area contributed by atoms with E-state index in [2.05, 4.69) is 160 Å². The Hall–Kier alpha value is -4.22. The minimum absolute atomic E-state index is 0.0700. The van der Waals surface area contributed by atoms with Crippen LogP contribution in [0.3, 0.4) is 0 Å². The molecular weight excluding hydrogens is 1000 g/mol. The van der Waals surface area contributed by atoms with Crippen molar-refractivity contribution in [2.75, 3.05) is 13.2 Å². The molecule has 0 fully saturated rings. The lowest BCUT2D eigenvalue weighted by Crippen LogP contribution is -2.28. The Labute approximate surface area is 508 Å². The topological polar surface area (TPSA) is 72.8 Å². The van der Waals surface area contributed by atoms with Crippen molar-refractivity contribution >= 4 is 11.9 Å². The van der Waals surface area contributed by atoms with E-state index in [-0.39, 0.29) is 25.2 Å². The lowest BCUT2D eigenvalue weighted by Gasteiger charge is -2.15. The number of ether oxygens (including phenoxy) is 2. The zero-order valence-corrected chi connectivity index (χ0v) is 53.5. The number of carbonyl (C=O) groups excluding carboxylic acids is 2. The number of esters is 2. The summed E-state index contributed by atoms with van der Waals surface area (Å²) in [5, 5.41) is 9.70. The Balaban J connectivity index is 3.50. The summed E-state index contributed by atoms with van der Waals surface area (Å²) in [5.74, 6) is -0.587. The second kappa shape index (κ2) is 71.0. The minimum atomic E-state index is -0.781. The molecule has 0 saturated heterocycles. The summed E-state index contributed by atoms with van der Waals surface area (Å²) in [6.07, 6.45) is 107. The van der Waals surface area contributed by atoms with Crippen molar-refractivity contribution in [2.45, 2.75) is 315 Å². The first-order chi connectivity index (χ1) is 40.6. The van der Waals surface area contributed by atoms with Gasteiger partial charge in [-0.2, -0.15) is 0 Å². The summed E-state index contributed by atoms with van der Waals surface area (Å²) in [6.45, 7) is 3.93. The predicted molar refractivity (Wildman–Crippen MR) is 361 cm³/mol. The molecule has 1 unspecified atom stereocenters. The molecule has 0 aromatic heterocycles. The van der Waals surface area contributed by atoms with Gasteiger partial charge in [0.25, 0.3) is 0 Å². The van der Waals surface area contributed by atoms with Gasteiger partial charge in [0, 0.05) is 12.8 Å². The van der Waals surface area contributed by atoms with E-state index in [0.717, 1.165) is 116 Å². The lowest BCUT2D eigenvalue weighted by atomic mass is 10.0. The van der Waals surface area contributed by atoms with Crippen LogP contribution in [0.25, 0.3) is 0 Å². The van der Waals surface area contributed by atoms with Gasteiger partial charge >= 0.3 is 11.9 Å². The fourth-order valence-corrected chi connectivity index (χ4v) is 9.57. The number of hydrogen-bond acceptors (Lipinski definition) is 5. The van der Waals surface area contributed by atoms with Crippen LogP contribution in [0, 0.1) is 0 Å². The zero-order valence-electron chi connectivity index (χ0n) is 53.5. The molecule has 0 radical (unpaired) electrons. The van der Waals surface area contributed by atoms with Crippen LogP contribution in [-0.4, -0.2) is 36.4 Å². The van der Waals surface area contributed by atoms with Gasteiger partial charge in [0.1, 0.15) is 6.61 Å². The summed E-state index contributed by atoms with van der Waals surface area (Å²) in [6, 6.07) is 0. The first kappa shape index (κ1) is 77.8. The normalized spacial score (nSPS) is 13.2. The van der Waals surface area contributed by atoms with E-state index in [4.69, 9.17) is 9.47 Å². The van der Waals surface area contributed by atoms with E-state index in [0.29, 0.717) is 12.8 Å². The third kappa shape index (κ3) is 68.3. The largest absolute Gasteiger partial charge is 0.462 e. The quantitative estimate of drug-likeness (QED) is 0.0373. The highest BCUT2D eigenvalue weighted by Gasteiger charge is 2.16. The van der Waals surface area contributed by atoms with Crippen LogP contribution in [0.15, 0.2) is 146 Å². The van der Waals surface area contributed by atoms with Crippen molar-refractivity contribution in [3.05, 3.63) is 146 Å². The number of rotatable bonds is 62. The van der Waals surface area contributed by atoms with Gasteiger partial charge in [-0.15, -0.1) is 0 Å². The third-order valence-corrected chi connectivity index (χ3v) is 14.6. The van der Waals surface area contributed by atoms with E-state index >= 15 is 0 Å². The molecule has 0 amide bonds. The standard InChI is InChI=1S/C77H128O5/c1-3-5-7-9-11-13-15-17-19-21-23-25-27-29-31-33-34-35-36-37-38-39-40-41-42-44-46-48-50-52-54-56-58-60-62-64-66-68-70-72-77(80)82-75(73-78)74-81-76(79)71-69-67-65-63-61-59-57-55-53-51-49-47-45-43-32-30-28-26-24-22-20-18-16-14-12-10-8-6-4-2/h5-8,11-14,17-20,23-26,29,31,34-35,37-38,40-41,75,78H,3-4,9-10,15-16,21-22,27-28,30,32-33,36,39,42-74H2,1-2H3/b7-5-,8-6-,13-11-,14-12-,19-17-,20-18-,25-23-,26-24-,31-29-,35-34-,38-37-,41-40-. The van der Waals surface area contributed by atoms with Crippen LogP contribution < -0.4 is 0 Å². The molecule has 0 saturated carbocycles. The second-order valence-electron chi connectivity index (χ2n) is 22.5. The molecule has 1 N–H and O–H groups in total. The molecule has 5 nitrogen and oxygen atoms in total. The Morgan fingerprint density at radius 3 is 0.732 bits per heavy atom. The van der Waals surface area contributed by atoms with Crippen molar-refractivity contribution in [2.24, 2.45) is 0 Å². The summed E-state index contributed by atoms with van der Waals surface area (Å²) < 4.78 is 10.8. The molecule has 0 aromatic carbocycles. The molecule has 5 heteroatoms. The average Bonchev–Trinajstić information content (AvgIpc) is 3.49. The molecule has 0 aliphatic carbocycles. The summed E-state index contributed by atoms with van der Waals surface area (Å²) in [4.78, 5) is 24.7. The molecule has 466 valence electrons. The van der Waals surface area contributed by atoms with Gasteiger partial charge in [-0.3, -0.25) is 9.59 Å². The van der Waals surface area contributed by atoms with Gasteiger partial charge < -0.3 is 14.6 Å². The maximum atomic E-state index is 12.4. The summed E-state index contributed by atoms with van der Waals surface area (Å²) in [5.41, 5.74) is 0. The van der Waals surface area contributed by atoms with E-state index in [1.54, 1.807) is 0 Å². The SMILES string of the molecule is CC/C=C\C/C=C\C/C=C\C/C=C\C/C=C\C/C=C\C/C=C\C/C=C\CCCCCCCCCCCCCCCCC(=O)OC(CO)COC(=O)CCCCCCCCCCCCCCCCCC/C=C\C/C=C\C/C=C\C/C=C\CC. The number of unbranched alkanes of at least 4 members (excludes halogenated alkanes) is 30. The Kier molecular flexibility index (Phi) is 67.4. The maximum absolute atomic E-state index is 12.4. The van der Waals surface area contributed by atoms with Gasteiger partial charge in [0.2, 0.25) is 0 Å². The smallest absolute Gasteiger partial charge is 0.306 e. The number of hydrogen-bond donors (Lipinski definition) is 1. The Morgan fingerprint density at radius 2 is 0.488 bits per heavy atom. The van der Waals surface area contributed by atoms with E-state index in [1.807, 2.05) is 0 Å². The molecule has 0 spiro atoms. The van der Waals surface area contributed by atoms with Crippen LogP contribution in [0.1, 0.15) is 309 Å². The van der Waals surface area contributed by atoms with Crippen molar-refractivity contribution in [1.82, 2.24) is 0 Å². The number of aliphatic hydroxyl groups is 1. The number of carbonyl (C=O) groups is 2. The second-order valence-corrected chi connectivity index (χ2v) is 22.5. The monoisotopic (exact) mass is 1130 g/mol. The fraction of sp³-hybridized carbons (Fsp3) is 0.662. The molecular formula is C77H128O5. The molecule has 1 atom stereocenters. The number of allylic oxidation sites excluding steroid dienone is 24. The van der Waals surface area contributed by atoms with E-state index < -0.39 is 6.10 Å². The molecule has 0 rings (SSSR count). The number of aliphatic hydroxyl groups excluding tert-OH is 1. The first-order valence-corrected chi connectivity index (χ1v) is 34.4. The Bertz CT molecular complexity index is 1710. The highest BCUT2D eigenvalue weighted by molar-refractivity contribution is 5.70. The molecule has 0 bridgehead atoms. The van der Waals surface area contributed by atoms with E-state index in [1.165, 1.54) is 167 Å². The van der Waals surface area contributed by atoms with Crippen molar-refractivity contribution < 1.29 is 24.2 Å². The van der Waals surface area contributed by atoms with Crippen molar-refractivity contribution in [1.29, 1.82) is 0 Å². The molecule has 0 aliphatic heterocycles. The van der Waals surface area contributed by atoms with Gasteiger partial charge in [0.05, 0.1) is 6.61 Å². The first-order valence-electron chi connectivity index (χ1n) is 34.4. The molecule has 0 heterocycles. The highest BCUT2D eigenvalue weighted by Crippen LogP contribution is 2.17. The van der Waals surface area contributed by atoms with Gasteiger partial charge in [-0.1, -0.05) is 327 Å². The third-order valence-electron chi connectivity index (χ3n) is 14.6. The molecule has 0 aliphatic rings. The van der Waals surface area contributed by atoms with Crippen LogP contribution in [0.2, 0.25) is 0 Å². The van der Waals surface area contributed by atoms with E-state index in [9.17, 15) is 14.7 Å².